The highest BCUT2D eigenvalue weighted by molar-refractivity contribution is 5.92. The van der Waals surface area contributed by atoms with Gasteiger partial charge in [-0.25, -0.2) is 4.98 Å². The molecule has 1 aliphatic carbocycles. The number of amides is 1. The molecule has 1 saturated carbocycles. The molecule has 92 valence electrons. The predicted molar refractivity (Wildman–Crippen MR) is 67.8 cm³/mol. The molecular formula is C12H18N4O. The van der Waals surface area contributed by atoms with Gasteiger partial charge in [-0.15, -0.1) is 0 Å². The standard InChI is InChI=1S/C12H18N4O/c1-2-7-16(8-3-4-8)12-9(13)5-6-10(15-12)11(14)17/h5-6,8H,2-4,7,13H2,1H3,(H2,14,17). The summed E-state index contributed by atoms with van der Waals surface area (Å²) in [5.74, 6) is 0.184. The maximum Gasteiger partial charge on any atom is 0.267 e. The molecule has 1 heterocycles. The minimum absolute atomic E-state index is 0.274. The van der Waals surface area contributed by atoms with E-state index in [4.69, 9.17) is 11.5 Å². The van der Waals surface area contributed by atoms with Gasteiger partial charge in [0.1, 0.15) is 5.69 Å². The Labute approximate surface area is 101 Å². The smallest absolute Gasteiger partial charge is 0.267 e. The van der Waals surface area contributed by atoms with E-state index < -0.39 is 5.91 Å². The summed E-state index contributed by atoms with van der Waals surface area (Å²) in [5.41, 5.74) is 12.0. The van der Waals surface area contributed by atoms with E-state index in [1.807, 2.05) is 0 Å². The Kier molecular flexibility index (Phi) is 3.17. The second-order valence-corrected chi connectivity index (χ2v) is 4.40. The Hall–Kier alpha value is -1.78. The monoisotopic (exact) mass is 234 g/mol. The van der Waals surface area contributed by atoms with Crippen molar-refractivity contribution in [3.8, 4) is 0 Å². The van der Waals surface area contributed by atoms with Crippen LogP contribution < -0.4 is 16.4 Å². The van der Waals surface area contributed by atoms with E-state index in [0.717, 1.165) is 13.0 Å². The summed E-state index contributed by atoms with van der Waals surface area (Å²) in [6.45, 7) is 3.02. The molecule has 0 bridgehead atoms. The van der Waals surface area contributed by atoms with Crippen molar-refractivity contribution >= 4 is 17.4 Å². The molecule has 0 saturated heterocycles. The molecule has 1 aliphatic rings. The summed E-state index contributed by atoms with van der Waals surface area (Å²) in [6.07, 6.45) is 3.36. The third-order valence-corrected chi connectivity index (χ3v) is 2.88. The van der Waals surface area contributed by atoms with E-state index in [-0.39, 0.29) is 5.69 Å². The van der Waals surface area contributed by atoms with Crippen LogP contribution in [-0.4, -0.2) is 23.5 Å². The van der Waals surface area contributed by atoms with Crippen molar-refractivity contribution in [3.63, 3.8) is 0 Å². The summed E-state index contributed by atoms with van der Waals surface area (Å²) in [5, 5.41) is 0. The quantitative estimate of drug-likeness (QED) is 0.800. The summed E-state index contributed by atoms with van der Waals surface area (Å²) in [7, 11) is 0. The number of carbonyl (C=O) groups excluding carboxylic acids is 1. The number of primary amides is 1. The van der Waals surface area contributed by atoms with Crippen LogP contribution in [0.3, 0.4) is 0 Å². The van der Waals surface area contributed by atoms with Gasteiger partial charge in [-0.3, -0.25) is 4.79 Å². The predicted octanol–water partition coefficient (Wildman–Crippen LogP) is 1.14. The molecule has 4 N–H and O–H groups in total. The van der Waals surface area contributed by atoms with Gasteiger partial charge in [-0.2, -0.15) is 0 Å². The lowest BCUT2D eigenvalue weighted by atomic mass is 10.2. The summed E-state index contributed by atoms with van der Waals surface area (Å²) in [4.78, 5) is 17.6. The number of anilines is 2. The van der Waals surface area contributed by atoms with Crippen molar-refractivity contribution in [1.82, 2.24) is 4.98 Å². The van der Waals surface area contributed by atoms with Crippen molar-refractivity contribution < 1.29 is 4.79 Å². The average Bonchev–Trinajstić information content (AvgIpc) is 3.10. The highest BCUT2D eigenvalue weighted by Crippen LogP contribution is 2.33. The van der Waals surface area contributed by atoms with Crippen LogP contribution in [0.2, 0.25) is 0 Å². The van der Waals surface area contributed by atoms with Gasteiger partial charge >= 0.3 is 0 Å². The van der Waals surface area contributed by atoms with Gasteiger partial charge in [0.05, 0.1) is 5.69 Å². The van der Waals surface area contributed by atoms with E-state index in [1.54, 1.807) is 12.1 Å². The van der Waals surface area contributed by atoms with Crippen LogP contribution in [0, 0.1) is 0 Å². The number of carbonyl (C=O) groups is 1. The normalized spacial score (nSPS) is 14.6. The maximum atomic E-state index is 11.1. The van der Waals surface area contributed by atoms with Crippen molar-refractivity contribution in [1.29, 1.82) is 0 Å². The van der Waals surface area contributed by atoms with Gasteiger partial charge in [0.25, 0.3) is 5.91 Å². The van der Waals surface area contributed by atoms with E-state index in [1.165, 1.54) is 12.8 Å². The summed E-state index contributed by atoms with van der Waals surface area (Å²) in [6, 6.07) is 3.79. The molecule has 0 unspecified atom stereocenters. The zero-order valence-electron chi connectivity index (χ0n) is 10.0. The SMILES string of the molecule is CCCN(c1nc(C(N)=O)ccc1N)C1CC1. The summed E-state index contributed by atoms with van der Waals surface area (Å²) < 4.78 is 0. The van der Waals surface area contributed by atoms with Crippen LogP contribution in [0.1, 0.15) is 36.7 Å². The van der Waals surface area contributed by atoms with Gasteiger partial charge in [0.15, 0.2) is 5.82 Å². The Balaban J connectivity index is 2.33. The minimum Gasteiger partial charge on any atom is -0.396 e. The van der Waals surface area contributed by atoms with Crippen LogP contribution >= 0.6 is 0 Å². The van der Waals surface area contributed by atoms with E-state index >= 15 is 0 Å². The molecule has 1 amide bonds. The molecule has 5 heteroatoms. The van der Waals surface area contributed by atoms with Crippen LogP contribution in [0.4, 0.5) is 11.5 Å². The Morgan fingerprint density at radius 2 is 2.24 bits per heavy atom. The Morgan fingerprint density at radius 1 is 1.53 bits per heavy atom. The van der Waals surface area contributed by atoms with Gasteiger partial charge < -0.3 is 16.4 Å². The molecule has 0 radical (unpaired) electrons. The second kappa shape index (κ2) is 4.61. The van der Waals surface area contributed by atoms with Crippen LogP contribution in [-0.2, 0) is 0 Å². The number of hydrogen-bond donors (Lipinski definition) is 2. The molecule has 0 aromatic carbocycles. The molecule has 17 heavy (non-hydrogen) atoms. The molecule has 0 aliphatic heterocycles. The van der Waals surface area contributed by atoms with Gasteiger partial charge in [0, 0.05) is 12.6 Å². The number of aromatic nitrogens is 1. The molecule has 0 spiro atoms. The molecule has 2 rings (SSSR count). The van der Waals surface area contributed by atoms with Crippen LogP contribution in [0.25, 0.3) is 0 Å². The lowest BCUT2D eigenvalue weighted by molar-refractivity contribution is 0.0995. The highest BCUT2D eigenvalue weighted by Gasteiger charge is 2.30. The zero-order chi connectivity index (χ0) is 12.4. The molecule has 0 atom stereocenters. The third kappa shape index (κ3) is 2.49. The van der Waals surface area contributed by atoms with E-state index in [2.05, 4.69) is 16.8 Å². The number of rotatable bonds is 5. The zero-order valence-corrected chi connectivity index (χ0v) is 10.0. The third-order valence-electron chi connectivity index (χ3n) is 2.88. The molecule has 1 aromatic rings. The number of hydrogen-bond acceptors (Lipinski definition) is 4. The van der Waals surface area contributed by atoms with Gasteiger partial charge in [-0.05, 0) is 31.4 Å². The van der Waals surface area contributed by atoms with Crippen molar-refractivity contribution in [2.75, 3.05) is 17.2 Å². The molecule has 5 nitrogen and oxygen atoms in total. The first kappa shape index (κ1) is 11.7. The van der Waals surface area contributed by atoms with Gasteiger partial charge in [-0.1, -0.05) is 6.92 Å². The number of nitrogen functional groups attached to an aromatic ring is 1. The lowest BCUT2D eigenvalue weighted by Gasteiger charge is -2.24. The fourth-order valence-corrected chi connectivity index (χ4v) is 1.91. The molecule has 1 aromatic heterocycles. The molecule has 1 fully saturated rings. The van der Waals surface area contributed by atoms with E-state index in [0.29, 0.717) is 17.5 Å². The second-order valence-electron chi connectivity index (χ2n) is 4.40. The lowest BCUT2D eigenvalue weighted by Crippen LogP contribution is -2.29. The fourth-order valence-electron chi connectivity index (χ4n) is 1.91. The largest absolute Gasteiger partial charge is 0.396 e. The summed E-state index contributed by atoms with van der Waals surface area (Å²) >= 11 is 0. The fraction of sp³-hybridized carbons (Fsp3) is 0.500. The minimum atomic E-state index is -0.515. The Bertz CT molecular complexity index is 429. The Morgan fingerprint density at radius 3 is 2.76 bits per heavy atom. The first-order valence-electron chi connectivity index (χ1n) is 5.96. The number of pyridine rings is 1. The average molecular weight is 234 g/mol. The van der Waals surface area contributed by atoms with Crippen molar-refractivity contribution in [3.05, 3.63) is 17.8 Å². The number of nitrogens with two attached hydrogens (primary N) is 2. The van der Waals surface area contributed by atoms with Crippen molar-refractivity contribution in [2.24, 2.45) is 5.73 Å². The van der Waals surface area contributed by atoms with Crippen LogP contribution in [0.15, 0.2) is 12.1 Å². The first-order valence-corrected chi connectivity index (χ1v) is 5.96. The van der Waals surface area contributed by atoms with Crippen molar-refractivity contribution in [2.45, 2.75) is 32.2 Å². The molecular weight excluding hydrogens is 216 g/mol. The van der Waals surface area contributed by atoms with Gasteiger partial charge in [0.2, 0.25) is 0 Å². The highest BCUT2D eigenvalue weighted by atomic mass is 16.1. The topological polar surface area (TPSA) is 85.2 Å². The van der Waals surface area contributed by atoms with E-state index in [9.17, 15) is 4.79 Å². The van der Waals surface area contributed by atoms with Crippen LogP contribution in [0.5, 0.6) is 0 Å². The first-order chi connectivity index (χ1) is 8.13. The maximum absolute atomic E-state index is 11.1. The number of nitrogens with zero attached hydrogens (tertiary/aromatic N) is 2.